The number of aromatic nitrogens is 3. The van der Waals surface area contributed by atoms with E-state index in [-0.39, 0.29) is 5.97 Å². The molecule has 2 heterocycles. The van der Waals surface area contributed by atoms with E-state index in [1.165, 1.54) is 24.6 Å². The number of hydrogen-bond acceptors (Lipinski definition) is 6. The minimum absolute atomic E-state index is 0.365. The van der Waals surface area contributed by atoms with E-state index >= 15 is 0 Å². The molecule has 7 heteroatoms. The average Bonchev–Trinajstić information content (AvgIpc) is 2.94. The normalized spacial score (nSPS) is 10.2. The van der Waals surface area contributed by atoms with Gasteiger partial charge in [-0.3, -0.25) is 4.68 Å². The highest BCUT2D eigenvalue weighted by atomic mass is 32.1. The summed E-state index contributed by atoms with van der Waals surface area (Å²) in [5, 5.41) is 7.87. The number of nitrogens with one attached hydrogen (secondary N) is 1. The molecule has 0 aliphatic rings. The van der Waals surface area contributed by atoms with Crippen molar-refractivity contribution in [2.24, 2.45) is 7.05 Å². The Morgan fingerprint density at radius 2 is 2.47 bits per heavy atom. The van der Waals surface area contributed by atoms with Gasteiger partial charge in [0.1, 0.15) is 4.88 Å². The summed E-state index contributed by atoms with van der Waals surface area (Å²) < 4.78 is 6.39. The summed E-state index contributed by atoms with van der Waals surface area (Å²) >= 11 is 1.27. The second-order valence-electron chi connectivity index (χ2n) is 3.32. The Kier molecular flexibility index (Phi) is 3.38. The molecule has 1 N–H and O–H groups in total. The summed E-state index contributed by atoms with van der Waals surface area (Å²) in [6.07, 6.45) is 3.24. The number of carbonyl (C=O) groups is 1. The van der Waals surface area contributed by atoms with Crippen molar-refractivity contribution < 1.29 is 9.53 Å². The van der Waals surface area contributed by atoms with Gasteiger partial charge in [0.15, 0.2) is 5.13 Å². The number of esters is 1. The minimum Gasteiger partial charge on any atom is -0.465 e. The van der Waals surface area contributed by atoms with Gasteiger partial charge in [-0.15, -0.1) is 0 Å². The van der Waals surface area contributed by atoms with Crippen LogP contribution in [0, 0.1) is 0 Å². The molecule has 0 bridgehead atoms. The molecule has 0 atom stereocenters. The van der Waals surface area contributed by atoms with Crippen LogP contribution < -0.4 is 5.32 Å². The molecule has 0 aromatic carbocycles. The molecule has 0 radical (unpaired) electrons. The summed E-state index contributed by atoms with van der Waals surface area (Å²) in [5.74, 6) is -0.365. The number of nitrogens with zero attached hydrogens (tertiary/aromatic N) is 3. The quantitative estimate of drug-likeness (QED) is 0.830. The van der Waals surface area contributed by atoms with Gasteiger partial charge in [-0.2, -0.15) is 5.10 Å². The zero-order valence-electron chi connectivity index (χ0n) is 9.51. The topological polar surface area (TPSA) is 69.0 Å². The van der Waals surface area contributed by atoms with E-state index in [9.17, 15) is 4.79 Å². The number of methoxy groups -OCH3 is 1. The van der Waals surface area contributed by atoms with E-state index < -0.39 is 0 Å². The van der Waals surface area contributed by atoms with E-state index in [1.54, 1.807) is 10.9 Å². The second kappa shape index (κ2) is 4.96. The Morgan fingerprint density at radius 3 is 3.12 bits per heavy atom. The average molecular weight is 252 g/mol. The lowest BCUT2D eigenvalue weighted by Crippen LogP contribution is -2.04. The fourth-order valence-electron chi connectivity index (χ4n) is 1.29. The Hall–Kier alpha value is -1.89. The smallest absolute Gasteiger partial charge is 0.349 e. The van der Waals surface area contributed by atoms with Crippen molar-refractivity contribution in [3.05, 3.63) is 29.0 Å². The first-order valence-corrected chi connectivity index (χ1v) is 5.77. The summed E-state index contributed by atoms with van der Waals surface area (Å²) in [6.45, 7) is 0.616. The van der Waals surface area contributed by atoms with Gasteiger partial charge in [0, 0.05) is 13.2 Å². The molecular weight excluding hydrogens is 240 g/mol. The molecule has 0 aliphatic heterocycles. The molecule has 2 aromatic rings. The van der Waals surface area contributed by atoms with E-state index in [0.29, 0.717) is 16.6 Å². The zero-order chi connectivity index (χ0) is 12.3. The van der Waals surface area contributed by atoms with Gasteiger partial charge in [-0.1, -0.05) is 11.3 Å². The zero-order valence-corrected chi connectivity index (χ0v) is 10.3. The minimum atomic E-state index is -0.365. The fraction of sp³-hybridized carbons (Fsp3) is 0.300. The van der Waals surface area contributed by atoms with E-state index in [0.717, 1.165) is 5.69 Å². The molecular formula is C10H12N4O2S. The Bertz CT molecular complexity index is 520. The first-order chi connectivity index (χ1) is 8.20. The number of carbonyl (C=O) groups excluding carboxylic acids is 1. The molecule has 0 fully saturated rings. The summed E-state index contributed by atoms with van der Waals surface area (Å²) in [6, 6.07) is 1.92. The first-order valence-electron chi connectivity index (χ1n) is 4.95. The molecule has 0 saturated heterocycles. The summed E-state index contributed by atoms with van der Waals surface area (Å²) in [4.78, 5) is 15.8. The van der Waals surface area contributed by atoms with Gasteiger partial charge in [0.05, 0.1) is 25.5 Å². The Labute approximate surface area is 102 Å². The fourth-order valence-corrected chi connectivity index (χ4v) is 2.02. The largest absolute Gasteiger partial charge is 0.465 e. The lowest BCUT2D eigenvalue weighted by Gasteiger charge is -2.02. The lowest BCUT2D eigenvalue weighted by atomic mass is 10.4. The maximum Gasteiger partial charge on any atom is 0.349 e. The Balaban J connectivity index is 1.98. The van der Waals surface area contributed by atoms with Crippen molar-refractivity contribution in [1.29, 1.82) is 0 Å². The van der Waals surface area contributed by atoms with Crippen molar-refractivity contribution in [3.63, 3.8) is 0 Å². The summed E-state index contributed by atoms with van der Waals surface area (Å²) in [5.41, 5.74) is 1.04. The standard InChI is InChI=1S/C10H12N4O2S/c1-14-7(3-4-13-14)5-11-10-12-6-8(17-10)9(15)16-2/h3-4,6H,5H2,1-2H3,(H,11,12). The number of aryl methyl sites for hydroxylation is 1. The molecule has 2 rings (SSSR count). The third-order valence-electron chi connectivity index (χ3n) is 2.24. The van der Waals surface area contributed by atoms with Crippen LogP contribution >= 0.6 is 11.3 Å². The first kappa shape index (κ1) is 11.6. The monoisotopic (exact) mass is 252 g/mol. The Morgan fingerprint density at radius 1 is 1.65 bits per heavy atom. The van der Waals surface area contributed by atoms with Gasteiger partial charge in [-0.25, -0.2) is 9.78 Å². The SMILES string of the molecule is COC(=O)c1cnc(NCc2ccnn2C)s1. The van der Waals surface area contributed by atoms with Crippen LogP contribution in [0.5, 0.6) is 0 Å². The maximum absolute atomic E-state index is 11.2. The predicted molar refractivity (Wildman–Crippen MR) is 64.0 cm³/mol. The summed E-state index contributed by atoms with van der Waals surface area (Å²) in [7, 11) is 3.23. The van der Waals surface area contributed by atoms with Crippen LogP contribution in [-0.4, -0.2) is 27.8 Å². The number of rotatable bonds is 4. The second-order valence-corrected chi connectivity index (χ2v) is 4.35. The van der Waals surface area contributed by atoms with Crippen LogP contribution in [0.1, 0.15) is 15.4 Å². The molecule has 17 heavy (non-hydrogen) atoms. The van der Waals surface area contributed by atoms with Gasteiger partial charge in [0.25, 0.3) is 0 Å². The van der Waals surface area contributed by atoms with Crippen LogP contribution in [0.4, 0.5) is 5.13 Å². The highest BCUT2D eigenvalue weighted by Gasteiger charge is 2.10. The molecule has 0 amide bonds. The number of hydrogen-bond donors (Lipinski definition) is 1. The van der Waals surface area contributed by atoms with Crippen LogP contribution in [0.25, 0.3) is 0 Å². The van der Waals surface area contributed by atoms with E-state index in [1.807, 2.05) is 13.1 Å². The third kappa shape index (κ3) is 2.62. The predicted octanol–water partition coefficient (Wildman–Crippen LogP) is 1.28. The number of anilines is 1. The van der Waals surface area contributed by atoms with Crippen LogP contribution in [0.15, 0.2) is 18.5 Å². The van der Waals surface area contributed by atoms with Crippen molar-refractivity contribution in [1.82, 2.24) is 14.8 Å². The third-order valence-corrected chi connectivity index (χ3v) is 3.17. The molecule has 0 spiro atoms. The molecule has 90 valence electrons. The molecule has 0 saturated carbocycles. The van der Waals surface area contributed by atoms with Crippen LogP contribution in [0.2, 0.25) is 0 Å². The number of ether oxygens (including phenoxy) is 1. The van der Waals surface area contributed by atoms with E-state index in [4.69, 9.17) is 0 Å². The lowest BCUT2D eigenvalue weighted by molar-refractivity contribution is 0.0606. The van der Waals surface area contributed by atoms with Gasteiger partial charge in [0.2, 0.25) is 0 Å². The van der Waals surface area contributed by atoms with Crippen molar-refractivity contribution in [3.8, 4) is 0 Å². The molecule has 6 nitrogen and oxygen atoms in total. The highest BCUT2D eigenvalue weighted by molar-refractivity contribution is 7.17. The molecule has 0 aliphatic carbocycles. The number of thiazole rings is 1. The van der Waals surface area contributed by atoms with Gasteiger partial charge >= 0.3 is 5.97 Å². The highest BCUT2D eigenvalue weighted by Crippen LogP contribution is 2.19. The van der Waals surface area contributed by atoms with Crippen LogP contribution in [-0.2, 0) is 18.3 Å². The molecule has 0 unspecified atom stereocenters. The van der Waals surface area contributed by atoms with Crippen molar-refractivity contribution in [2.75, 3.05) is 12.4 Å². The van der Waals surface area contributed by atoms with Gasteiger partial charge in [-0.05, 0) is 6.07 Å². The van der Waals surface area contributed by atoms with Crippen LogP contribution in [0.3, 0.4) is 0 Å². The molecule has 2 aromatic heterocycles. The van der Waals surface area contributed by atoms with Crippen molar-refractivity contribution >= 4 is 22.4 Å². The maximum atomic E-state index is 11.2. The van der Waals surface area contributed by atoms with E-state index in [2.05, 4.69) is 20.1 Å². The van der Waals surface area contributed by atoms with Crippen molar-refractivity contribution in [2.45, 2.75) is 6.54 Å². The van der Waals surface area contributed by atoms with Gasteiger partial charge < -0.3 is 10.1 Å².